The smallest absolute Gasteiger partial charge is 0.0572 e. The fraction of sp³-hybridized carbons (Fsp3) is 0.111. The molecule has 3 heterocycles. The Kier molecular flexibility index (Phi) is 2.54. The van der Waals surface area contributed by atoms with E-state index in [1.54, 1.807) is 0 Å². The molecule has 1 aromatic carbocycles. The summed E-state index contributed by atoms with van der Waals surface area (Å²) in [5, 5.41) is 2.28. The highest BCUT2D eigenvalue weighted by molar-refractivity contribution is 6.08. The van der Waals surface area contributed by atoms with Gasteiger partial charge in [-0.15, -0.1) is 0 Å². The molecule has 0 N–H and O–H groups in total. The highest BCUT2D eigenvalue weighted by atomic mass is 15.0. The van der Waals surface area contributed by atoms with E-state index >= 15 is 0 Å². The number of rotatable bonds is 1. The van der Waals surface area contributed by atoms with Crippen molar-refractivity contribution >= 4 is 21.8 Å². The Bertz CT molecular complexity index is 893. The number of aromatic nitrogens is 3. The van der Waals surface area contributed by atoms with E-state index in [1.165, 1.54) is 16.8 Å². The summed E-state index contributed by atoms with van der Waals surface area (Å²) < 4.78 is 2.29. The third-order valence-corrected chi connectivity index (χ3v) is 3.83. The number of hydrogen-bond acceptors (Lipinski definition) is 2. The summed E-state index contributed by atoms with van der Waals surface area (Å²) in [4.78, 5) is 8.53. The molecule has 0 radical (unpaired) electrons. The number of pyridine rings is 2. The number of hydrogen-bond donors (Lipinski definition) is 0. The molecule has 21 heavy (non-hydrogen) atoms. The van der Waals surface area contributed by atoms with Crippen LogP contribution in [0.5, 0.6) is 0 Å². The van der Waals surface area contributed by atoms with E-state index in [0.717, 1.165) is 21.8 Å². The predicted molar refractivity (Wildman–Crippen MR) is 85.8 cm³/mol. The molecule has 0 amide bonds. The normalized spacial score (nSPS) is 11.3. The molecule has 0 saturated heterocycles. The molecule has 0 saturated carbocycles. The van der Waals surface area contributed by atoms with Crippen molar-refractivity contribution < 1.29 is 0 Å². The lowest BCUT2D eigenvalue weighted by atomic mass is 10.1. The van der Waals surface area contributed by atoms with Crippen molar-refractivity contribution in [1.29, 1.82) is 0 Å². The molecular weight excluding hydrogens is 258 g/mol. The number of benzene rings is 1. The molecule has 0 spiro atoms. The molecule has 3 heteroatoms. The van der Waals surface area contributed by atoms with Crippen LogP contribution in [0.2, 0.25) is 0 Å². The Morgan fingerprint density at radius 2 is 1.29 bits per heavy atom. The lowest BCUT2D eigenvalue weighted by Gasteiger charge is -2.09. The molecule has 0 aliphatic heterocycles. The van der Waals surface area contributed by atoms with Gasteiger partial charge in [-0.1, -0.05) is 6.07 Å². The lowest BCUT2D eigenvalue weighted by Crippen LogP contribution is -1.95. The zero-order chi connectivity index (χ0) is 14.4. The van der Waals surface area contributed by atoms with Crippen molar-refractivity contribution in [2.24, 2.45) is 0 Å². The third-order valence-electron chi connectivity index (χ3n) is 3.83. The van der Waals surface area contributed by atoms with Gasteiger partial charge in [0.25, 0.3) is 0 Å². The first-order valence-electron chi connectivity index (χ1n) is 7.01. The van der Waals surface area contributed by atoms with Crippen LogP contribution < -0.4 is 0 Å². The quantitative estimate of drug-likeness (QED) is 0.520. The van der Waals surface area contributed by atoms with E-state index in [1.807, 2.05) is 24.8 Å². The summed E-state index contributed by atoms with van der Waals surface area (Å²) in [6.45, 7) is 4.26. The first-order valence-corrected chi connectivity index (χ1v) is 7.01. The van der Waals surface area contributed by atoms with E-state index in [0.29, 0.717) is 0 Å². The third kappa shape index (κ3) is 1.82. The first-order chi connectivity index (χ1) is 10.2. The lowest BCUT2D eigenvalue weighted by molar-refractivity contribution is 1.15. The van der Waals surface area contributed by atoms with Crippen molar-refractivity contribution in [2.75, 3.05) is 0 Å². The average Bonchev–Trinajstić information content (AvgIpc) is 2.81. The minimum absolute atomic E-state index is 1.14. The minimum atomic E-state index is 1.14. The van der Waals surface area contributed by atoms with Gasteiger partial charge in [0.1, 0.15) is 0 Å². The summed E-state index contributed by atoms with van der Waals surface area (Å²) in [6.07, 6.45) is 7.51. The van der Waals surface area contributed by atoms with Crippen LogP contribution in [0.25, 0.3) is 27.5 Å². The fourth-order valence-electron chi connectivity index (χ4n) is 3.07. The molecule has 0 aliphatic rings. The molecule has 0 atom stereocenters. The Morgan fingerprint density at radius 3 is 1.81 bits per heavy atom. The summed E-state index contributed by atoms with van der Waals surface area (Å²) in [5.41, 5.74) is 6.05. The van der Waals surface area contributed by atoms with Gasteiger partial charge in [0.2, 0.25) is 0 Å². The van der Waals surface area contributed by atoms with E-state index in [2.05, 4.69) is 58.7 Å². The van der Waals surface area contributed by atoms with Crippen LogP contribution in [0.3, 0.4) is 0 Å². The van der Waals surface area contributed by atoms with Gasteiger partial charge in [0.15, 0.2) is 0 Å². The van der Waals surface area contributed by atoms with Crippen molar-refractivity contribution in [2.45, 2.75) is 13.8 Å². The topological polar surface area (TPSA) is 30.7 Å². The second-order valence-corrected chi connectivity index (χ2v) is 5.47. The number of aryl methyl sites for hydroxylation is 2. The van der Waals surface area contributed by atoms with Crippen molar-refractivity contribution in [3.8, 4) is 5.69 Å². The summed E-state index contributed by atoms with van der Waals surface area (Å²) in [5.74, 6) is 0. The van der Waals surface area contributed by atoms with Gasteiger partial charge in [-0.3, -0.25) is 9.97 Å². The molecule has 0 bridgehead atoms. The molecule has 102 valence electrons. The Hall–Kier alpha value is -2.68. The highest BCUT2D eigenvalue weighted by Crippen LogP contribution is 2.31. The molecule has 0 aliphatic carbocycles. The molecule has 4 rings (SSSR count). The van der Waals surface area contributed by atoms with Gasteiger partial charge in [-0.05, 0) is 49.2 Å². The largest absolute Gasteiger partial charge is 0.309 e. The predicted octanol–water partition coefficient (Wildman–Crippen LogP) is 4.19. The van der Waals surface area contributed by atoms with Crippen LogP contribution in [0.4, 0.5) is 0 Å². The van der Waals surface area contributed by atoms with Gasteiger partial charge in [0.05, 0.1) is 11.0 Å². The minimum Gasteiger partial charge on any atom is -0.309 e. The second kappa shape index (κ2) is 4.42. The molecular formula is C18H15N3. The van der Waals surface area contributed by atoms with Crippen molar-refractivity contribution in [3.05, 3.63) is 66.2 Å². The first kappa shape index (κ1) is 12.1. The van der Waals surface area contributed by atoms with Gasteiger partial charge in [0, 0.05) is 41.2 Å². The zero-order valence-corrected chi connectivity index (χ0v) is 12.0. The standard InChI is InChI=1S/C18H15N3/c1-12-7-13(2)9-14(8-12)21-17-3-5-19-10-15(17)16-11-20-6-4-18(16)21/h3-11H,1-2H3. The van der Waals surface area contributed by atoms with Crippen LogP contribution in [0.15, 0.2) is 55.1 Å². The second-order valence-electron chi connectivity index (χ2n) is 5.47. The fourth-order valence-corrected chi connectivity index (χ4v) is 3.07. The number of nitrogens with zero attached hydrogens (tertiary/aromatic N) is 3. The van der Waals surface area contributed by atoms with Gasteiger partial charge < -0.3 is 4.57 Å². The number of fused-ring (bicyclic) bond motifs is 3. The zero-order valence-electron chi connectivity index (χ0n) is 12.0. The molecule has 3 aromatic heterocycles. The monoisotopic (exact) mass is 273 g/mol. The molecule has 3 nitrogen and oxygen atoms in total. The van der Waals surface area contributed by atoms with E-state index < -0.39 is 0 Å². The van der Waals surface area contributed by atoms with E-state index in [9.17, 15) is 0 Å². The van der Waals surface area contributed by atoms with E-state index in [4.69, 9.17) is 0 Å². The maximum absolute atomic E-state index is 4.26. The van der Waals surface area contributed by atoms with E-state index in [-0.39, 0.29) is 0 Å². The van der Waals surface area contributed by atoms with Crippen molar-refractivity contribution in [3.63, 3.8) is 0 Å². The highest BCUT2D eigenvalue weighted by Gasteiger charge is 2.12. The Balaban J connectivity index is 2.20. The molecule has 4 aromatic rings. The SMILES string of the molecule is Cc1cc(C)cc(-n2c3ccncc3c3cnccc32)c1. The van der Waals surface area contributed by atoms with Crippen molar-refractivity contribution in [1.82, 2.24) is 14.5 Å². The maximum Gasteiger partial charge on any atom is 0.0572 e. The average molecular weight is 273 g/mol. The summed E-state index contributed by atoms with van der Waals surface area (Å²) >= 11 is 0. The van der Waals surface area contributed by atoms with Gasteiger partial charge in [-0.25, -0.2) is 0 Å². The Labute approximate surface area is 122 Å². The maximum atomic E-state index is 4.26. The van der Waals surface area contributed by atoms with Crippen LogP contribution in [0.1, 0.15) is 11.1 Å². The molecule has 0 fully saturated rings. The summed E-state index contributed by atoms with van der Waals surface area (Å²) in [6, 6.07) is 10.7. The van der Waals surface area contributed by atoms with Crippen LogP contribution in [0, 0.1) is 13.8 Å². The summed E-state index contributed by atoms with van der Waals surface area (Å²) in [7, 11) is 0. The van der Waals surface area contributed by atoms with Gasteiger partial charge >= 0.3 is 0 Å². The Morgan fingerprint density at radius 1 is 0.762 bits per heavy atom. The van der Waals surface area contributed by atoms with Gasteiger partial charge in [-0.2, -0.15) is 0 Å². The van der Waals surface area contributed by atoms with Crippen LogP contribution in [-0.4, -0.2) is 14.5 Å². The molecule has 0 unspecified atom stereocenters. The van der Waals surface area contributed by atoms with Crippen LogP contribution >= 0.6 is 0 Å². The van der Waals surface area contributed by atoms with Crippen LogP contribution in [-0.2, 0) is 0 Å².